The van der Waals surface area contributed by atoms with Crippen molar-refractivity contribution >= 4 is 27.3 Å². The van der Waals surface area contributed by atoms with Crippen LogP contribution in [0.1, 0.15) is 0 Å². The topological polar surface area (TPSA) is 12.9 Å². The maximum Gasteiger partial charge on any atom is 0.238 e. The highest BCUT2D eigenvalue weighted by Gasteiger charge is 1.96. The van der Waals surface area contributed by atoms with Crippen molar-refractivity contribution in [3.05, 3.63) is 15.2 Å². The van der Waals surface area contributed by atoms with E-state index < -0.39 is 5.95 Å². The molecule has 38 valence electrons. The highest BCUT2D eigenvalue weighted by atomic mass is 79.9. The molecule has 0 spiro atoms. The first-order valence-corrected chi connectivity index (χ1v) is 3.22. The summed E-state index contributed by atoms with van der Waals surface area (Å²) in [4.78, 5) is 3.32. The summed E-state index contributed by atoms with van der Waals surface area (Å²) in [5.74, 6) is -0.426. The quantitative estimate of drug-likeness (QED) is 0.598. The Bertz CT molecular complexity index is 147. The molecule has 1 aromatic heterocycles. The van der Waals surface area contributed by atoms with Crippen molar-refractivity contribution in [1.29, 1.82) is 0 Å². The molecule has 1 rings (SSSR count). The molecule has 0 aliphatic carbocycles. The average Bonchev–Trinajstić information content (AvgIpc) is 1.91. The van der Waals surface area contributed by atoms with Gasteiger partial charge in [0, 0.05) is 0 Å². The molecule has 0 amide bonds. The molecule has 0 fully saturated rings. The molecule has 7 heavy (non-hydrogen) atoms. The number of rotatable bonds is 0. The van der Waals surface area contributed by atoms with E-state index in [9.17, 15) is 4.39 Å². The van der Waals surface area contributed by atoms with E-state index in [0.717, 1.165) is 0 Å². The van der Waals surface area contributed by atoms with Crippen LogP contribution in [-0.4, -0.2) is 4.98 Å². The molecule has 0 saturated carbocycles. The van der Waals surface area contributed by atoms with Crippen LogP contribution in [0.5, 0.6) is 0 Å². The fraction of sp³-hybridized carbons (Fsp3) is 0. The minimum absolute atomic E-state index is 0.426. The lowest BCUT2D eigenvalue weighted by Crippen LogP contribution is -1.65. The Morgan fingerprint density at radius 2 is 2.57 bits per heavy atom. The fourth-order valence-electron chi connectivity index (χ4n) is 0.218. The summed E-state index contributed by atoms with van der Waals surface area (Å²) in [7, 11) is 0. The van der Waals surface area contributed by atoms with Gasteiger partial charge in [0.25, 0.3) is 0 Å². The molecular weight excluding hydrogens is 181 g/mol. The van der Waals surface area contributed by atoms with E-state index in [2.05, 4.69) is 20.9 Å². The Morgan fingerprint density at radius 1 is 1.86 bits per heavy atom. The van der Waals surface area contributed by atoms with Crippen molar-refractivity contribution < 1.29 is 4.39 Å². The van der Waals surface area contributed by atoms with E-state index in [1.165, 1.54) is 16.8 Å². The van der Waals surface area contributed by atoms with Gasteiger partial charge in [-0.1, -0.05) is 0 Å². The lowest BCUT2D eigenvalue weighted by Gasteiger charge is -1.70. The van der Waals surface area contributed by atoms with Gasteiger partial charge in [0.15, 0.2) is 0 Å². The number of hydrogen-bond acceptors (Lipinski definition) is 2. The molecular formula is C3HBrFNS. The molecule has 1 heterocycles. The lowest BCUT2D eigenvalue weighted by molar-refractivity contribution is 0.586. The molecule has 0 aliphatic heterocycles. The van der Waals surface area contributed by atoms with Crippen LogP contribution in [0.15, 0.2) is 9.30 Å². The molecule has 0 saturated heterocycles. The van der Waals surface area contributed by atoms with Gasteiger partial charge in [0.2, 0.25) is 5.95 Å². The van der Waals surface area contributed by atoms with Crippen LogP contribution in [-0.2, 0) is 0 Å². The summed E-state index contributed by atoms with van der Waals surface area (Å²) < 4.78 is 12.4. The highest BCUT2D eigenvalue weighted by molar-refractivity contribution is 9.11. The van der Waals surface area contributed by atoms with E-state index in [0.29, 0.717) is 3.79 Å². The number of aromatic nitrogens is 1. The second-order valence-electron chi connectivity index (χ2n) is 0.917. The average molecular weight is 182 g/mol. The van der Waals surface area contributed by atoms with Crippen molar-refractivity contribution in [2.24, 2.45) is 0 Å². The van der Waals surface area contributed by atoms with Crippen molar-refractivity contribution in [3.8, 4) is 0 Å². The standard InChI is InChI=1S/C3HBrFNS/c4-2-3(5)6-1-7-2/h1H. The van der Waals surface area contributed by atoms with E-state index in [1.54, 1.807) is 0 Å². The second-order valence-corrected chi connectivity index (χ2v) is 3.09. The van der Waals surface area contributed by atoms with Gasteiger partial charge < -0.3 is 0 Å². The van der Waals surface area contributed by atoms with Gasteiger partial charge in [0.05, 0.1) is 5.51 Å². The molecule has 0 aromatic carbocycles. The summed E-state index contributed by atoms with van der Waals surface area (Å²) in [6.07, 6.45) is 0. The first-order valence-electron chi connectivity index (χ1n) is 1.55. The van der Waals surface area contributed by atoms with Crippen LogP contribution in [0.25, 0.3) is 0 Å². The highest BCUT2D eigenvalue weighted by Crippen LogP contribution is 2.17. The zero-order valence-electron chi connectivity index (χ0n) is 3.19. The van der Waals surface area contributed by atoms with Crippen LogP contribution < -0.4 is 0 Å². The summed E-state index contributed by atoms with van der Waals surface area (Å²) in [5, 5.41) is 0. The summed E-state index contributed by atoms with van der Waals surface area (Å²) >= 11 is 4.18. The first kappa shape index (κ1) is 5.18. The van der Waals surface area contributed by atoms with E-state index in [-0.39, 0.29) is 0 Å². The third-order valence-electron chi connectivity index (χ3n) is 0.484. The summed E-state index contributed by atoms with van der Waals surface area (Å²) in [5.41, 5.74) is 1.44. The van der Waals surface area contributed by atoms with Crippen LogP contribution in [0.4, 0.5) is 4.39 Å². The Balaban J connectivity index is 3.12. The van der Waals surface area contributed by atoms with Crippen LogP contribution in [0.3, 0.4) is 0 Å². The molecule has 0 N–H and O–H groups in total. The SMILES string of the molecule is Fc1ncsc1Br. The molecule has 1 nitrogen and oxygen atoms in total. The van der Waals surface area contributed by atoms with Gasteiger partial charge in [-0.3, -0.25) is 0 Å². The van der Waals surface area contributed by atoms with Gasteiger partial charge in [-0.25, -0.2) is 4.98 Å². The van der Waals surface area contributed by atoms with Gasteiger partial charge in [-0.05, 0) is 15.9 Å². The molecule has 0 unspecified atom stereocenters. The number of thiazole rings is 1. The normalized spacial score (nSPS) is 9.43. The minimum Gasteiger partial charge on any atom is -0.216 e. The number of nitrogens with zero attached hydrogens (tertiary/aromatic N) is 1. The van der Waals surface area contributed by atoms with Crippen LogP contribution in [0.2, 0.25) is 0 Å². The van der Waals surface area contributed by atoms with E-state index in [1.807, 2.05) is 0 Å². The molecule has 1 aromatic rings. The van der Waals surface area contributed by atoms with Gasteiger partial charge in [0.1, 0.15) is 3.79 Å². The van der Waals surface area contributed by atoms with Crippen molar-refractivity contribution in [2.75, 3.05) is 0 Å². The summed E-state index contributed by atoms with van der Waals surface area (Å²) in [6, 6.07) is 0. The Kier molecular flexibility index (Phi) is 1.39. The Morgan fingerprint density at radius 3 is 2.71 bits per heavy atom. The summed E-state index contributed by atoms with van der Waals surface area (Å²) in [6.45, 7) is 0. The van der Waals surface area contributed by atoms with Crippen molar-refractivity contribution in [3.63, 3.8) is 0 Å². The minimum atomic E-state index is -0.426. The predicted molar refractivity (Wildman–Crippen MR) is 29.8 cm³/mol. The zero-order chi connectivity index (χ0) is 5.28. The maximum atomic E-state index is 11.9. The predicted octanol–water partition coefficient (Wildman–Crippen LogP) is 2.04. The Labute approximate surface area is 52.3 Å². The molecule has 0 atom stereocenters. The smallest absolute Gasteiger partial charge is 0.216 e. The van der Waals surface area contributed by atoms with E-state index in [4.69, 9.17) is 0 Å². The zero-order valence-corrected chi connectivity index (χ0v) is 5.59. The number of hydrogen-bond donors (Lipinski definition) is 0. The van der Waals surface area contributed by atoms with Gasteiger partial charge in [-0.15, -0.1) is 11.3 Å². The maximum absolute atomic E-state index is 11.9. The van der Waals surface area contributed by atoms with Crippen LogP contribution >= 0.6 is 27.3 Å². The second kappa shape index (κ2) is 1.88. The molecule has 4 heteroatoms. The van der Waals surface area contributed by atoms with Crippen molar-refractivity contribution in [2.45, 2.75) is 0 Å². The van der Waals surface area contributed by atoms with Gasteiger partial charge in [-0.2, -0.15) is 4.39 Å². The Hall–Kier alpha value is 0.0400. The molecule has 0 bridgehead atoms. The van der Waals surface area contributed by atoms with Crippen LogP contribution in [0, 0.1) is 5.95 Å². The third-order valence-corrected chi connectivity index (χ3v) is 1.96. The largest absolute Gasteiger partial charge is 0.238 e. The van der Waals surface area contributed by atoms with Gasteiger partial charge >= 0.3 is 0 Å². The fourth-order valence-corrected chi connectivity index (χ4v) is 0.959. The first-order chi connectivity index (χ1) is 3.30. The lowest BCUT2D eigenvalue weighted by atomic mass is 11.0. The molecule has 0 radical (unpaired) electrons. The third kappa shape index (κ3) is 0.978. The molecule has 0 aliphatic rings. The monoisotopic (exact) mass is 181 g/mol. The number of halogens is 2. The van der Waals surface area contributed by atoms with Crippen molar-refractivity contribution in [1.82, 2.24) is 4.98 Å². The van der Waals surface area contributed by atoms with E-state index >= 15 is 0 Å².